The molecule has 0 unspecified atom stereocenters. The minimum absolute atomic E-state index is 0.0654. The van der Waals surface area contributed by atoms with Crippen molar-refractivity contribution in [1.82, 2.24) is 19.4 Å². The van der Waals surface area contributed by atoms with Crippen LogP contribution in [0, 0.1) is 0 Å². The predicted molar refractivity (Wildman–Crippen MR) is 75.6 cm³/mol. The number of carbonyl (C=O) groups is 1. The van der Waals surface area contributed by atoms with Gasteiger partial charge >= 0.3 is 0 Å². The Hall–Kier alpha value is -2.15. The third-order valence-electron chi connectivity index (χ3n) is 3.23. The molecule has 7 nitrogen and oxygen atoms in total. The van der Waals surface area contributed by atoms with Crippen LogP contribution in [0.1, 0.15) is 41.8 Å². The van der Waals surface area contributed by atoms with Gasteiger partial charge in [-0.3, -0.25) is 4.79 Å². The number of aliphatic hydroxyl groups is 1. The fourth-order valence-electron chi connectivity index (χ4n) is 2.07. The highest BCUT2D eigenvalue weighted by Gasteiger charge is 2.25. The maximum atomic E-state index is 12.6. The smallest absolute Gasteiger partial charge is 0.276 e. The summed E-state index contributed by atoms with van der Waals surface area (Å²) in [5.41, 5.74) is 0.299. The number of amides is 1. The van der Waals surface area contributed by atoms with Crippen LogP contribution in [0.4, 0.5) is 0 Å². The van der Waals surface area contributed by atoms with Gasteiger partial charge < -0.3 is 19.0 Å². The minimum Gasteiger partial charge on any atom is -0.447 e. The van der Waals surface area contributed by atoms with Gasteiger partial charge in [-0.2, -0.15) is 0 Å². The summed E-state index contributed by atoms with van der Waals surface area (Å²) >= 11 is 0. The quantitative estimate of drug-likeness (QED) is 0.864. The first-order valence-corrected chi connectivity index (χ1v) is 6.84. The highest BCUT2D eigenvalue weighted by Crippen LogP contribution is 2.20. The van der Waals surface area contributed by atoms with E-state index in [0.29, 0.717) is 18.0 Å². The number of hydrogen-bond acceptors (Lipinski definition) is 5. The largest absolute Gasteiger partial charge is 0.447 e. The van der Waals surface area contributed by atoms with Gasteiger partial charge in [0.25, 0.3) is 5.91 Å². The van der Waals surface area contributed by atoms with E-state index in [2.05, 4.69) is 9.97 Å². The SMILES string of the molecule is CC(C)c1ocnc1C(=O)N(CCO)Cc1nccn1C. The summed E-state index contributed by atoms with van der Waals surface area (Å²) in [5, 5.41) is 9.19. The summed E-state index contributed by atoms with van der Waals surface area (Å²) in [5.74, 6) is 1.11. The van der Waals surface area contributed by atoms with E-state index in [1.807, 2.05) is 31.7 Å². The second-order valence-electron chi connectivity index (χ2n) is 5.12. The van der Waals surface area contributed by atoms with Gasteiger partial charge in [0.05, 0.1) is 13.2 Å². The Balaban J connectivity index is 2.23. The normalized spacial score (nSPS) is 11.1. The van der Waals surface area contributed by atoms with Gasteiger partial charge in [-0.25, -0.2) is 9.97 Å². The van der Waals surface area contributed by atoms with E-state index in [9.17, 15) is 9.90 Å². The number of oxazole rings is 1. The van der Waals surface area contributed by atoms with E-state index in [1.165, 1.54) is 11.3 Å². The lowest BCUT2D eigenvalue weighted by atomic mass is 10.1. The van der Waals surface area contributed by atoms with Crippen LogP contribution in [0.2, 0.25) is 0 Å². The van der Waals surface area contributed by atoms with Gasteiger partial charge in [0.15, 0.2) is 12.1 Å². The fraction of sp³-hybridized carbons (Fsp3) is 0.500. The lowest BCUT2D eigenvalue weighted by Crippen LogP contribution is -2.34. The lowest BCUT2D eigenvalue weighted by Gasteiger charge is -2.21. The Kier molecular flexibility index (Phi) is 4.74. The third-order valence-corrected chi connectivity index (χ3v) is 3.23. The Labute approximate surface area is 123 Å². The number of carbonyl (C=O) groups excluding carboxylic acids is 1. The van der Waals surface area contributed by atoms with Crippen LogP contribution >= 0.6 is 0 Å². The van der Waals surface area contributed by atoms with E-state index >= 15 is 0 Å². The second-order valence-corrected chi connectivity index (χ2v) is 5.12. The molecule has 0 aliphatic rings. The molecule has 0 atom stereocenters. The molecule has 0 aliphatic heterocycles. The van der Waals surface area contributed by atoms with Crippen molar-refractivity contribution in [1.29, 1.82) is 0 Å². The lowest BCUT2D eigenvalue weighted by molar-refractivity contribution is 0.0693. The molecule has 1 amide bonds. The zero-order valence-electron chi connectivity index (χ0n) is 12.5. The first-order valence-electron chi connectivity index (χ1n) is 6.84. The Morgan fingerprint density at radius 1 is 1.48 bits per heavy atom. The number of rotatable bonds is 6. The van der Waals surface area contributed by atoms with E-state index < -0.39 is 0 Å². The molecule has 7 heteroatoms. The average Bonchev–Trinajstić information content (AvgIpc) is 3.07. The second kappa shape index (κ2) is 6.53. The number of aryl methyl sites for hydroxylation is 1. The molecule has 0 saturated heterocycles. The minimum atomic E-state index is -0.260. The molecule has 0 aliphatic carbocycles. The van der Waals surface area contributed by atoms with E-state index in [0.717, 1.165) is 5.82 Å². The van der Waals surface area contributed by atoms with Crippen LogP contribution in [0.25, 0.3) is 0 Å². The molecule has 2 aromatic rings. The maximum Gasteiger partial charge on any atom is 0.276 e. The van der Waals surface area contributed by atoms with Crippen LogP contribution in [0.15, 0.2) is 23.2 Å². The van der Waals surface area contributed by atoms with Gasteiger partial charge in [0.1, 0.15) is 11.6 Å². The Bertz CT molecular complexity index is 603. The molecule has 0 saturated carbocycles. The Morgan fingerprint density at radius 3 is 2.81 bits per heavy atom. The van der Waals surface area contributed by atoms with Crippen LogP contribution < -0.4 is 0 Å². The highest BCUT2D eigenvalue weighted by atomic mass is 16.3. The van der Waals surface area contributed by atoms with Gasteiger partial charge in [-0.15, -0.1) is 0 Å². The molecular formula is C14H20N4O3. The van der Waals surface area contributed by atoms with Crippen molar-refractivity contribution < 1.29 is 14.3 Å². The maximum absolute atomic E-state index is 12.6. The van der Waals surface area contributed by atoms with Crippen molar-refractivity contribution in [3.8, 4) is 0 Å². The molecule has 0 radical (unpaired) electrons. The molecule has 0 aromatic carbocycles. The van der Waals surface area contributed by atoms with Crippen molar-refractivity contribution in [2.75, 3.05) is 13.2 Å². The molecule has 2 heterocycles. The first kappa shape index (κ1) is 15.2. The zero-order chi connectivity index (χ0) is 15.4. The molecular weight excluding hydrogens is 272 g/mol. The fourth-order valence-corrected chi connectivity index (χ4v) is 2.07. The van der Waals surface area contributed by atoms with Gasteiger partial charge in [0.2, 0.25) is 0 Å². The molecule has 0 fully saturated rings. The van der Waals surface area contributed by atoms with Crippen molar-refractivity contribution in [3.05, 3.63) is 36.1 Å². The predicted octanol–water partition coefficient (Wildman–Crippen LogP) is 1.17. The summed E-state index contributed by atoms with van der Waals surface area (Å²) in [6.07, 6.45) is 4.76. The number of aromatic nitrogens is 3. The van der Waals surface area contributed by atoms with Crippen molar-refractivity contribution in [2.45, 2.75) is 26.3 Å². The summed E-state index contributed by atoms with van der Waals surface area (Å²) in [7, 11) is 1.86. The molecule has 2 aromatic heterocycles. The standard InChI is InChI=1S/C14H20N4O3/c1-10(2)13-12(16-9-21-13)14(20)18(6-7-19)8-11-15-4-5-17(11)3/h4-5,9-10,19H,6-8H2,1-3H3. The summed E-state index contributed by atoms with van der Waals surface area (Å²) in [6, 6.07) is 0. The average molecular weight is 292 g/mol. The van der Waals surface area contributed by atoms with Gasteiger partial charge in [-0.1, -0.05) is 13.8 Å². The first-order chi connectivity index (χ1) is 10.0. The van der Waals surface area contributed by atoms with Crippen LogP contribution in [0.5, 0.6) is 0 Å². The summed E-state index contributed by atoms with van der Waals surface area (Å²) < 4.78 is 7.13. The number of nitrogens with zero attached hydrogens (tertiary/aromatic N) is 4. The number of imidazole rings is 1. The molecule has 2 rings (SSSR count). The van der Waals surface area contributed by atoms with Crippen LogP contribution in [0.3, 0.4) is 0 Å². The zero-order valence-corrected chi connectivity index (χ0v) is 12.5. The topological polar surface area (TPSA) is 84.4 Å². The number of hydrogen-bond donors (Lipinski definition) is 1. The van der Waals surface area contributed by atoms with E-state index in [4.69, 9.17) is 4.42 Å². The Morgan fingerprint density at radius 2 is 2.24 bits per heavy atom. The van der Waals surface area contributed by atoms with Crippen molar-refractivity contribution in [2.24, 2.45) is 7.05 Å². The summed E-state index contributed by atoms with van der Waals surface area (Å²) in [6.45, 7) is 4.28. The number of aliphatic hydroxyl groups excluding tert-OH is 1. The monoisotopic (exact) mass is 292 g/mol. The molecule has 21 heavy (non-hydrogen) atoms. The van der Waals surface area contributed by atoms with Crippen LogP contribution in [-0.4, -0.2) is 43.6 Å². The molecule has 0 spiro atoms. The summed E-state index contributed by atoms with van der Waals surface area (Å²) in [4.78, 5) is 22.4. The highest BCUT2D eigenvalue weighted by molar-refractivity contribution is 5.93. The van der Waals surface area contributed by atoms with Crippen molar-refractivity contribution in [3.63, 3.8) is 0 Å². The third kappa shape index (κ3) is 3.30. The van der Waals surface area contributed by atoms with Gasteiger partial charge in [-0.05, 0) is 0 Å². The van der Waals surface area contributed by atoms with E-state index in [-0.39, 0.29) is 25.0 Å². The van der Waals surface area contributed by atoms with Gasteiger partial charge in [0, 0.05) is 31.9 Å². The van der Waals surface area contributed by atoms with Crippen LogP contribution in [-0.2, 0) is 13.6 Å². The molecule has 1 N–H and O–H groups in total. The molecule has 114 valence electrons. The van der Waals surface area contributed by atoms with Crippen molar-refractivity contribution >= 4 is 5.91 Å². The molecule has 0 bridgehead atoms. The van der Waals surface area contributed by atoms with E-state index in [1.54, 1.807) is 6.20 Å².